The summed E-state index contributed by atoms with van der Waals surface area (Å²) in [6.45, 7) is 0.265. The maximum atomic E-state index is 8.70. The van der Waals surface area contributed by atoms with E-state index in [0.29, 0.717) is 0 Å². The predicted molar refractivity (Wildman–Crippen MR) is 59.2 cm³/mol. The summed E-state index contributed by atoms with van der Waals surface area (Å²) >= 11 is 5.00. The molecular weight excluding hydrogens is 262 g/mol. The molecule has 0 saturated carbocycles. The van der Waals surface area contributed by atoms with Crippen LogP contribution in [0.4, 0.5) is 0 Å². The number of hydrogen-bond acceptors (Lipinski definition) is 5. The van der Waals surface area contributed by atoms with Crippen molar-refractivity contribution in [2.45, 2.75) is 6.92 Å². The van der Waals surface area contributed by atoms with Gasteiger partial charge >= 0.3 is 8.25 Å². The van der Waals surface area contributed by atoms with Crippen molar-refractivity contribution in [2.75, 3.05) is 32.3 Å². The van der Waals surface area contributed by atoms with Gasteiger partial charge < -0.3 is 20.4 Å². The SMILES string of the molecule is CCCl.O=[P+](O)O.OCC(CO)(CO)CO. The highest BCUT2D eigenvalue weighted by Crippen LogP contribution is 2.11. The third-order valence-electron chi connectivity index (χ3n) is 1.34. The minimum absolute atomic E-state index is 0.406. The van der Waals surface area contributed by atoms with Crippen molar-refractivity contribution in [3.63, 3.8) is 0 Å². The second-order valence-corrected chi connectivity index (χ2v) is 3.69. The van der Waals surface area contributed by atoms with Gasteiger partial charge in [-0.15, -0.1) is 21.4 Å². The van der Waals surface area contributed by atoms with Crippen LogP contribution in [0.15, 0.2) is 0 Å². The van der Waals surface area contributed by atoms with Crippen molar-refractivity contribution in [3.8, 4) is 0 Å². The van der Waals surface area contributed by atoms with Gasteiger partial charge in [-0.2, -0.15) is 0 Å². The van der Waals surface area contributed by atoms with Crippen molar-refractivity contribution in [1.82, 2.24) is 0 Å². The average molecular weight is 282 g/mol. The van der Waals surface area contributed by atoms with Crippen molar-refractivity contribution >= 4 is 19.9 Å². The zero-order valence-electron chi connectivity index (χ0n) is 8.95. The first kappa shape index (κ1) is 21.4. The van der Waals surface area contributed by atoms with Crippen LogP contribution in [0.3, 0.4) is 0 Å². The summed E-state index contributed by atoms with van der Waals surface area (Å²) in [5.74, 6) is 0.722. The van der Waals surface area contributed by atoms with Gasteiger partial charge in [0.05, 0.1) is 31.8 Å². The molecule has 0 spiro atoms. The number of alkyl halides is 1. The first-order valence-corrected chi connectivity index (χ1v) is 5.94. The Labute approximate surface area is 99.9 Å². The fraction of sp³-hybridized carbons (Fsp3) is 1.00. The summed E-state index contributed by atoms with van der Waals surface area (Å²) in [4.78, 5) is 14.2. The van der Waals surface area contributed by atoms with Crippen LogP contribution < -0.4 is 0 Å². The van der Waals surface area contributed by atoms with E-state index in [0.717, 1.165) is 5.88 Å². The number of rotatable bonds is 4. The van der Waals surface area contributed by atoms with E-state index in [2.05, 4.69) is 0 Å². The topological polar surface area (TPSA) is 138 Å². The molecule has 0 aliphatic carbocycles. The van der Waals surface area contributed by atoms with Crippen molar-refractivity contribution in [1.29, 1.82) is 0 Å². The Morgan fingerprint density at radius 1 is 1.00 bits per heavy atom. The Morgan fingerprint density at radius 2 is 1.12 bits per heavy atom. The normalized spacial score (nSPS) is 9.50. The van der Waals surface area contributed by atoms with Gasteiger partial charge in [0.1, 0.15) is 0 Å². The smallest absolute Gasteiger partial charge is 0.396 e. The van der Waals surface area contributed by atoms with Crippen LogP contribution in [0.2, 0.25) is 0 Å². The molecule has 0 fully saturated rings. The lowest BCUT2D eigenvalue weighted by molar-refractivity contribution is -0.0328. The lowest BCUT2D eigenvalue weighted by Gasteiger charge is -2.23. The van der Waals surface area contributed by atoms with Gasteiger partial charge in [0.2, 0.25) is 0 Å². The van der Waals surface area contributed by atoms with E-state index in [4.69, 9.17) is 46.4 Å². The summed E-state index contributed by atoms with van der Waals surface area (Å²) in [5, 5.41) is 34.0. The molecular formula is C7H19ClO7P+. The fourth-order valence-electron chi connectivity index (χ4n) is 0.300. The van der Waals surface area contributed by atoms with Gasteiger partial charge in [0, 0.05) is 10.4 Å². The molecule has 0 bridgehead atoms. The molecule has 0 heterocycles. The van der Waals surface area contributed by atoms with Crippen molar-refractivity contribution in [3.05, 3.63) is 0 Å². The van der Waals surface area contributed by atoms with Gasteiger partial charge in [-0.3, -0.25) is 0 Å². The minimum atomic E-state index is -2.87. The Kier molecular flexibility index (Phi) is 20.3. The fourth-order valence-corrected chi connectivity index (χ4v) is 0.300. The molecule has 100 valence electrons. The number of aliphatic hydroxyl groups excluding tert-OH is 4. The van der Waals surface area contributed by atoms with Crippen LogP contribution in [0.1, 0.15) is 6.92 Å². The molecule has 0 radical (unpaired) electrons. The molecule has 16 heavy (non-hydrogen) atoms. The van der Waals surface area contributed by atoms with E-state index in [1.165, 1.54) is 0 Å². The molecule has 0 unspecified atom stereocenters. The molecule has 0 rings (SSSR count). The molecule has 9 heteroatoms. The zero-order chi connectivity index (χ0) is 13.6. The maximum Gasteiger partial charge on any atom is 0.692 e. The lowest BCUT2D eigenvalue weighted by Crippen LogP contribution is -2.37. The average Bonchev–Trinajstić information content (AvgIpc) is 2.22. The molecule has 7 nitrogen and oxygen atoms in total. The standard InChI is InChI=1S/C5H12O4.C2H5Cl.HO3P/c6-1-5(2-7,3-8)4-9;1-2-3;1-4(2)3/h6-9H,1-4H2;2H2,1H3;(H-,1,2,3)/p+1. The van der Waals surface area contributed by atoms with Crippen LogP contribution in [0, 0.1) is 5.41 Å². The second-order valence-electron chi connectivity index (χ2n) is 2.65. The Hall–Kier alpha value is 0.150. The minimum Gasteiger partial charge on any atom is -0.396 e. The predicted octanol–water partition coefficient (Wildman–Crippen LogP) is -1.18. The van der Waals surface area contributed by atoms with E-state index >= 15 is 0 Å². The Balaban J connectivity index is -0.000000201. The quantitative estimate of drug-likeness (QED) is 0.281. The van der Waals surface area contributed by atoms with Gasteiger partial charge in [-0.25, -0.2) is 0 Å². The molecule has 0 atom stereocenters. The van der Waals surface area contributed by atoms with Crippen molar-refractivity contribution < 1.29 is 34.8 Å². The Morgan fingerprint density at radius 3 is 1.12 bits per heavy atom. The van der Waals surface area contributed by atoms with Crippen LogP contribution >= 0.6 is 19.9 Å². The van der Waals surface area contributed by atoms with Crippen LogP contribution in [0.25, 0.3) is 0 Å². The Bertz CT molecular complexity index is 132. The highest BCUT2D eigenvalue weighted by Gasteiger charge is 2.26. The highest BCUT2D eigenvalue weighted by atomic mass is 35.5. The largest absolute Gasteiger partial charge is 0.692 e. The summed E-state index contributed by atoms with van der Waals surface area (Å²) in [5.41, 5.74) is -1.11. The van der Waals surface area contributed by atoms with Gasteiger partial charge in [-0.05, 0) is 0 Å². The third kappa shape index (κ3) is 16.6. The lowest BCUT2D eigenvalue weighted by atomic mass is 9.93. The number of halogens is 1. The van der Waals surface area contributed by atoms with Gasteiger partial charge in [0.25, 0.3) is 0 Å². The molecule has 0 amide bonds. The summed E-state index contributed by atoms with van der Waals surface area (Å²) in [6, 6.07) is 0. The van der Waals surface area contributed by atoms with E-state index in [9.17, 15) is 0 Å². The van der Waals surface area contributed by atoms with Gasteiger partial charge in [0.15, 0.2) is 0 Å². The summed E-state index contributed by atoms with van der Waals surface area (Å²) < 4.78 is 8.70. The van der Waals surface area contributed by atoms with Gasteiger partial charge in [-0.1, -0.05) is 6.92 Å². The van der Waals surface area contributed by atoms with E-state index < -0.39 is 40.1 Å². The van der Waals surface area contributed by atoms with E-state index in [-0.39, 0.29) is 0 Å². The second kappa shape index (κ2) is 15.1. The third-order valence-corrected chi connectivity index (χ3v) is 1.34. The monoisotopic (exact) mass is 281 g/mol. The molecule has 0 aromatic carbocycles. The van der Waals surface area contributed by atoms with Crippen LogP contribution in [-0.4, -0.2) is 62.5 Å². The molecule has 0 saturated heterocycles. The maximum absolute atomic E-state index is 8.70. The van der Waals surface area contributed by atoms with E-state index in [1.54, 1.807) is 0 Å². The molecule has 0 aromatic heterocycles. The van der Waals surface area contributed by atoms with Crippen LogP contribution in [-0.2, 0) is 4.57 Å². The first-order chi connectivity index (χ1) is 7.39. The molecule has 0 aromatic rings. The molecule has 6 N–H and O–H groups in total. The highest BCUT2D eigenvalue weighted by molar-refractivity contribution is 7.30. The summed E-state index contributed by atoms with van der Waals surface area (Å²) in [7, 11) is -2.87. The van der Waals surface area contributed by atoms with E-state index in [1.807, 2.05) is 6.92 Å². The zero-order valence-corrected chi connectivity index (χ0v) is 10.6. The summed E-state index contributed by atoms with van der Waals surface area (Å²) in [6.07, 6.45) is 0. The van der Waals surface area contributed by atoms with Crippen LogP contribution in [0.5, 0.6) is 0 Å². The molecule has 0 aliphatic heterocycles. The first-order valence-electron chi connectivity index (χ1n) is 4.24. The molecule has 0 aliphatic rings. The number of aliphatic hydroxyl groups is 4. The number of hydrogen-bond donors (Lipinski definition) is 6. The van der Waals surface area contributed by atoms with Crippen molar-refractivity contribution in [2.24, 2.45) is 5.41 Å².